The summed E-state index contributed by atoms with van der Waals surface area (Å²) in [7, 11) is -19.0. The first kappa shape index (κ1) is 26.6. The SMILES string of the molecule is O=P(O)(O)CN(CP(=O)(O)O)C1CCCCC1N(CP(=O)(O)O)CP(=O)(O)O. The van der Waals surface area contributed by atoms with Crippen LogP contribution in [-0.2, 0) is 18.3 Å². The Morgan fingerprint density at radius 1 is 0.536 bits per heavy atom. The van der Waals surface area contributed by atoms with Crippen LogP contribution in [0.4, 0.5) is 0 Å². The van der Waals surface area contributed by atoms with Crippen LogP contribution in [0.1, 0.15) is 25.7 Å². The van der Waals surface area contributed by atoms with Crippen molar-refractivity contribution in [3.05, 3.63) is 0 Å². The summed E-state index contributed by atoms with van der Waals surface area (Å²) in [6.07, 6.45) is -2.72. The average Bonchev–Trinajstić information content (AvgIpc) is 2.39. The highest BCUT2D eigenvalue weighted by Gasteiger charge is 2.41. The van der Waals surface area contributed by atoms with E-state index in [1.807, 2.05) is 0 Å². The van der Waals surface area contributed by atoms with Gasteiger partial charge in [0, 0.05) is 12.1 Å². The van der Waals surface area contributed by atoms with Crippen LogP contribution in [0.25, 0.3) is 0 Å². The zero-order chi connectivity index (χ0) is 22.0. The minimum Gasteiger partial charge on any atom is -0.324 e. The van der Waals surface area contributed by atoms with Gasteiger partial charge in [0.2, 0.25) is 0 Å². The Balaban J connectivity index is 3.28. The predicted octanol–water partition coefficient (Wildman–Crippen LogP) is -0.558. The molecule has 0 heterocycles. The highest BCUT2D eigenvalue weighted by Crippen LogP contribution is 2.47. The van der Waals surface area contributed by atoms with E-state index in [1.54, 1.807) is 0 Å². The Hall–Kier alpha value is 0.520. The second-order valence-electron chi connectivity index (χ2n) is 6.82. The van der Waals surface area contributed by atoms with Crippen molar-refractivity contribution in [3.8, 4) is 0 Å². The molecule has 168 valence electrons. The van der Waals surface area contributed by atoms with Crippen molar-refractivity contribution in [3.63, 3.8) is 0 Å². The smallest absolute Gasteiger partial charge is 0.324 e. The van der Waals surface area contributed by atoms with Crippen molar-refractivity contribution in [2.45, 2.75) is 37.8 Å². The molecule has 14 nitrogen and oxygen atoms in total. The Bertz CT molecular complexity index is 601. The number of hydrogen-bond donors (Lipinski definition) is 8. The minimum absolute atomic E-state index is 0.170. The molecule has 1 aliphatic carbocycles. The fourth-order valence-corrected chi connectivity index (χ4v) is 6.85. The molecular formula is C10H26N2O12P4. The topological polar surface area (TPSA) is 237 Å². The van der Waals surface area contributed by atoms with Crippen LogP contribution in [0.15, 0.2) is 0 Å². The van der Waals surface area contributed by atoms with E-state index in [4.69, 9.17) is 0 Å². The lowest BCUT2D eigenvalue weighted by atomic mass is 9.89. The maximum absolute atomic E-state index is 11.4. The van der Waals surface area contributed by atoms with Crippen molar-refractivity contribution in [2.75, 3.05) is 25.1 Å². The van der Waals surface area contributed by atoms with Gasteiger partial charge in [0.05, 0.1) is 0 Å². The van der Waals surface area contributed by atoms with Gasteiger partial charge in [0.25, 0.3) is 0 Å². The summed E-state index contributed by atoms with van der Waals surface area (Å²) in [5.74, 6) is 0. The lowest BCUT2D eigenvalue weighted by molar-refractivity contribution is 0.0746. The van der Waals surface area contributed by atoms with Gasteiger partial charge < -0.3 is 39.1 Å². The van der Waals surface area contributed by atoms with E-state index in [2.05, 4.69) is 0 Å². The summed E-state index contributed by atoms with van der Waals surface area (Å²) in [5.41, 5.74) is 0. The fraction of sp³-hybridized carbons (Fsp3) is 1.00. The third-order valence-corrected chi connectivity index (χ3v) is 7.02. The van der Waals surface area contributed by atoms with E-state index in [9.17, 15) is 57.4 Å². The van der Waals surface area contributed by atoms with E-state index in [0.29, 0.717) is 12.8 Å². The molecule has 8 N–H and O–H groups in total. The number of rotatable bonds is 10. The molecule has 18 heteroatoms. The van der Waals surface area contributed by atoms with Crippen LogP contribution in [0, 0.1) is 0 Å². The summed E-state index contributed by atoms with van der Waals surface area (Å²) >= 11 is 0. The summed E-state index contributed by atoms with van der Waals surface area (Å²) in [4.78, 5) is 75.8. The van der Waals surface area contributed by atoms with Gasteiger partial charge in [-0.15, -0.1) is 0 Å². The predicted molar refractivity (Wildman–Crippen MR) is 97.4 cm³/mol. The van der Waals surface area contributed by atoms with Crippen LogP contribution in [0.2, 0.25) is 0 Å². The molecule has 2 atom stereocenters. The lowest BCUT2D eigenvalue weighted by Crippen LogP contribution is -2.54. The summed E-state index contributed by atoms with van der Waals surface area (Å²) < 4.78 is 45.8. The van der Waals surface area contributed by atoms with Crippen LogP contribution >= 0.6 is 30.4 Å². The van der Waals surface area contributed by atoms with Crippen molar-refractivity contribution in [2.24, 2.45) is 0 Å². The first-order valence-electron chi connectivity index (χ1n) is 8.03. The van der Waals surface area contributed by atoms with Gasteiger partial charge in [0.1, 0.15) is 25.1 Å². The van der Waals surface area contributed by atoms with Crippen LogP contribution < -0.4 is 0 Å². The molecule has 0 saturated heterocycles. The molecule has 1 fully saturated rings. The third-order valence-electron chi connectivity index (χ3n) is 4.10. The molecule has 0 aromatic rings. The molecule has 1 saturated carbocycles. The Kier molecular flexibility index (Phi) is 9.26. The van der Waals surface area contributed by atoms with Gasteiger partial charge in [0.15, 0.2) is 0 Å². The monoisotopic (exact) mass is 490 g/mol. The molecule has 1 rings (SSSR count). The molecule has 0 amide bonds. The van der Waals surface area contributed by atoms with Crippen molar-refractivity contribution >= 4 is 30.4 Å². The quantitative estimate of drug-likeness (QED) is 0.179. The van der Waals surface area contributed by atoms with Crippen LogP contribution in [0.5, 0.6) is 0 Å². The third kappa shape index (κ3) is 11.1. The first-order chi connectivity index (χ1) is 12.4. The van der Waals surface area contributed by atoms with Gasteiger partial charge in [-0.25, -0.2) is 0 Å². The standard InChI is InChI=1S/C10H26N2O12P4/c13-25(14,15)5-11(6-26(16,17)18)9-3-1-2-4-10(9)12(7-27(19,20)21)8-28(22,23)24/h9-10H,1-8H2,(H2,13,14,15)(H2,16,17,18)(H2,19,20,21)(H2,22,23,24). The van der Waals surface area contributed by atoms with Crippen molar-refractivity contribution in [1.82, 2.24) is 9.80 Å². The second-order valence-corrected chi connectivity index (χ2v) is 13.3. The maximum atomic E-state index is 11.4. The molecular weight excluding hydrogens is 464 g/mol. The molecule has 1 aliphatic rings. The zero-order valence-electron chi connectivity index (χ0n) is 14.7. The largest absolute Gasteiger partial charge is 0.339 e. The highest BCUT2D eigenvalue weighted by molar-refractivity contribution is 7.53. The van der Waals surface area contributed by atoms with Gasteiger partial charge in [-0.2, -0.15) is 0 Å². The van der Waals surface area contributed by atoms with Crippen molar-refractivity contribution in [1.29, 1.82) is 0 Å². The van der Waals surface area contributed by atoms with E-state index < -0.39 is 67.6 Å². The molecule has 0 aromatic heterocycles. The molecule has 2 unspecified atom stereocenters. The van der Waals surface area contributed by atoms with E-state index in [1.165, 1.54) is 0 Å². The van der Waals surface area contributed by atoms with E-state index in [0.717, 1.165) is 9.80 Å². The fourth-order valence-electron chi connectivity index (χ4n) is 3.40. The van der Waals surface area contributed by atoms with Gasteiger partial charge in [-0.05, 0) is 12.8 Å². The van der Waals surface area contributed by atoms with Crippen molar-refractivity contribution < 1.29 is 57.4 Å². The summed E-state index contributed by atoms with van der Waals surface area (Å²) in [5, 5.41) is 0. The Morgan fingerprint density at radius 2 is 0.750 bits per heavy atom. The van der Waals surface area contributed by atoms with Gasteiger partial charge in [-0.1, -0.05) is 12.8 Å². The first-order valence-corrected chi connectivity index (χ1v) is 15.2. The minimum atomic E-state index is -4.76. The normalized spacial score (nSPS) is 22.8. The van der Waals surface area contributed by atoms with E-state index >= 15 is 0 Å². The van der Waals surface area contributed by atoms with Crippen LogP contribution in [0.3, 0.4) is 0 Å². The lowest BCUT2D eigenvalue weighted by Gasteiger charge is -2.45. The summed E-state index contributed by atoms with van der Waals surface area (Å²) in [6.45, 7) is 0. The average molecular weight is 490 g/mol. The molecule has 0 spiro atoms. The number of hydrogen-bond acceptors (Lipinski definition) is 6. The molecule has 28 heavy (non-hydrogen) atoms. The Morgan fingerprint density at radius 3 is 0.929 bits per heavy atom. The molecule has 0 radical (unpaired) electrons. The van der Waals surface area contributed by atoms with E-state index in [-0.39, 0.29) is 12.8 Å². The highest BCUT2D eigenvalue weighted by atomic mass is 31.2. The molecule has 0 aliphatic heterocycles. The molecule has 0 bridgehead atoms. The van der Waals surface area contributed by atoms with Gasteiger partial charge >= 0.3 is 30.4 Å². The zero-order valence-corrected chi connectivity index (χ0v) is 18.3. The van der Waals surface area contributed by atoms with Crippen LogP contribution in [-0.4, -0.2) is 86.2 Å². The second kappa shape index (κ2) is 9.77. The maximum Gasteiger partial charge on any atom is 0.339 e. The molecule has 0 aromatic carbocycles. The summed E-state index contributed by atoms with van der Waals surface area (Å²) in [6, 6.07) is -1.96. The van der Waals surface area contributed by atoms with Gasteiger partial charge in [-0.3, -0.25) is 28.1 Å². The number of nitrogens with zero attached hydrogens (tertiary/aromatic N) is 2. The Labute approximate surface area is 161 Å².